The molecule has 1 aromatic heterocycles. The fourth-order valence-corrected chi connectivity index (χ4v) is 5.78. The normalized spacial score (nSPS) is 15.0. The molecule has 9 heteroatoms. The number of benzene rings is 2. The molecule has 33 heavy (non-hydrogen) atoms. The van der Waals surface area contributed by atoms with Gasteiger partial charge in [0.15, 0.2) is 0 Å². The minimum absolute atomic E-state index is 0.0198. The number of amides is 1. The molecule has 0 unspecified atom stereocenters. The average Bonchev–Trinajstić information content (AvgIpc) is 2.82. The Bertz CT molecular complexity index is 1340. The standard InChI is InChI=1S/C24H26ClN3O4S/c1-27-16-21(24(30)26-12-11-17-5-7-18(25)8-6-17)23(29)20-15-19(9-10-22(20)27)33(31,32)28-13-3-2-4-14-28/h5-10,15-16H,2-4,11-14H2,1H3,(H,26,30). The first kappa shape index (κ1) is 23.5. The number of hydrogen-bond donors (Lipinski definition) is 1. The summed E-state index contributed by atoms with van der Waals surface area (Å²) >= 11 is 5.89. The highest BCUT2D eigenvalue weighted by Crippen LogP contribution is 2.23. The summed E-state index contributed by atoms with van der Waals surface area (Å²) in [4.78, 5) is 26.0. The second kappa shape index (κ2) is 9.67. The summed E-state index contributed by atoms with van der Waals surface area (Å²) in [7, 11) is -1.96. The fourth-order valence-electron chi connectivity index (χ4n) is 4.11. The number of halogens is 1. The average molecular weight is 488 g/mol. The summed E-state index contributed by atoms with van der Waals surface area (Å²) in [5, 5.41) is 3.63. The zero-order valence-electron chi connectivity index (χ0n) is 18.4. The number of carbonyl (C=O) groups excluding carboxylic acids is 1. The van der Waals surface area contributed by atoms with E-state index in [0.717, 1.165) is 24.8 Å². The van der Waals surface area contributed by atoms with Gasteiger partial charge in [0.05, 0.1) is 10.4 Å². The van der Waals surface area contributed by atoms with E-state index >= 15 is 0 Å². The highest BCUT2D eigenvalue weighted by molar-refractivity contribution is 7.89. The van der Waals surface area contributed by atoms with Gasteiger partial charge in [0.1, 0.15) is 5.56 Å². The van der Waals surface area contributed by atoms with Crippen molar-refractivity contribution in [3.63, 3.8) is 0 Å². The van der Waals surface area contributed by atoms with Crippen LogP contribution >= 0.6 is 11.6 Å². The second-order valence-electron chi connectivity index (χ2n) is 8.26. The predicted octanol–water partition coefficient (Wildman–Crippen LogP) is 3.34. The quantitative estimate of drug-likeness (QED) is 0.577. The van der Waals surface area contributed by atoms with Crippen molar-refractivity contribution in [3.8, 4) is 0 Å². The molecular weight excluding hydrogens is 462 g/mol. The van der Waals surface area contributed by atoms with Crippen molar-refractivity contribution in [2.75, 3.05) is 19.6 Å². The van der Waals surface area contributed by atoms with Gasteiger partial charge in [0.2, 0.25) is 15.5 Å². The topological polar surface area (TPSA) is 88.5 Å². The van der Waals surface area contributed by atoms with Crippen molar-refractivity contribution >= 4 is 38.4 Å². The first-order valence-corrected chi connectivity index (χ1v) is 12.8. The maximum absolute atomic E-state index is 13.2. The summed E-state index contributed by atoms with van der Waals surface area (Å²) in [6.07, 6.45) is 4.75. The third kappa shape index (κ3) is 4.98. The third-order valence-corrected chi connectivity index (χ3v) is 8.12. The van der Waals surface area contributed by atoms with Crippen molar-refractivity contribution in [1.29, 1.82) is 0 Å². The molecule has 0 bridgehead atoms. The van der Waals surface area contributed by atoms with Crippen LogP contribution in [0.1, 0.15) is 35.2 Å². The third-order valence-electron chi connectivity index (χ3n) is 5.97. The number of piperidine rings is 1. The van der Waals surface area contributed by atoms with E-state index in [9.17, 15) is 18.0 Å². The lowest BCUT2D eigenvalue weighted by atomic mass is 10.1. The number of aryl methyl sites for hydroxylation is 1. The lowest BCUT2D eigenvalue weighted by Crippen LogP contribution is -2.35. The molecule has 3 aromatic rings. The molecule has 1 aliphatic heterocycles. The molecular formula is C24H26ClN3O4S. The molecule has 0 aliphatic carbocycles. The van der Waals surface area contributed by atoms with E-state index in [0.29, 0.717) is 36.6 Å². The molecule has 1 fully saturated rings. The summed E-state index contributed by atoms with van der Waals surface area (Å²) in [5.74, 6) is -0.490. The molecule has 1 saturated heterocycles. The van der Waals surface area contributed by atoms with Crippen LogP contribution in [0.2, 0.25) is 5.02 Å². The van der Waals surface area contributed by atoms with Crippen LogP contribution in [0.25, 0.3) is 10.9 Å². The SMILES string of the molecule is Cn1cc(C(=O)NCCc2ccc(Cl)cc2)c(=O)c2cc(S(=O)(=O)N3CCCCC3)ccc21. The van der Waals surface area contributed by atoms with Gasteiger partial charge in [-0.25, -0.2) is 8.42 Å². The number of fused-ring (bicyclic) bond motifs is 1. The van der Waals surface area contributed by atoms with Crippen molar-refractivity contribution in [2.45, 2.75) is 30.6 Å². The molecule has 0 radical (unpaired) electrons. The van der Waals surface area contributed by atoms with Gasteiger partial charge in [-0.15, -0.1) is 0 Å². The van der Waals surface area contributed by atoms with E-state index in [1.54, 1.807) is 29.8 Å². The van der Waals surface area contributed by atoms with Crippen molar-refractivity contribution in [3.05, 3.63) is 75.0 Å². The number of rotatable bonds is 6. The maximum atomic E-state index is 13.2. The Morgan fingerprint density at radius 3 is 2.45 bits per heavy atom. The van der Waals surface area contributed by atoms with Crippen LogP contribution < -0.4 is 10.7 Å². The first-order valence-electron chi connectivity index (χ1n) is 10.9. The Morgan fingerprint density at radius 1 is 1.06 bits per heavy atom. The number of nitrogens with zero attached hydrogens (tertiary/aromatic N) is 2. The highest BCUT2D eigenvalue weighted by atomic mass is 35.5. The van der Waals surface area contributed by atoms with Crippen molar-refractivity contribution < 1.29 is 13.2 Å². The van der Waals surface area contributed by atoms with Gasteiger partial charge in [0.25, 0.3) is 5.91 Å². The Balaban J connectivity index is 1.60. The van der Waals surface area contributed by atoms with Crippen LogP contribution in [-0.4, -0.2) is 42.8 Å². The number of sulfonamides is 1. The first-order chi connectivity index (χ1) is 15.8. The van der Waals surface area contributed by atoms with Crippen molar-refractivity contribution in [2.24, 2.45) is 7.05 Å². The minimum Gasteiger partial charge on any atom is -0.352 e. The van der Waals surface area contributed by atoms with Crippen LogP contribution in [0.4, 0.5) is 0 Å². The maximum Gasteiger partial charge on any atom is 0.256 e. The molecule has 0 saturated carbocycles. The van der Waals surface area contributed by atoms with Gasteiger partial charge in [-0.05, 0) is 55.2 Å². The second-order valence-corrected chi connectivity index (χ2v) is 10.6. The van der Waals surface area contributed by atoms with Crippen LogP contribution in [0.3, 0.4) is 0 Å². The molecule has 1 amide bonds. The monoisotopic (exact) mass is 487 g/mol. The fraction of sp³-hybridized carbons (Fsp3) is 0.333. The van der Waals surface area contributed by atoms with E-state index in [2.05, 4.69) is 5.32 Å². The van der Waals surface area contributed by atoms with E-state index in [1.165, 1.54) is 22.6 Å². The van der Waals surface area contributed by atoms with Gasteiger partial charge in [-0.1, -0.05) is 30.2 Å². The molecule has 2 aromatic carbocycles. The Kier molecular flexibility index (Phi) is 6.88. The Hall–Kier alpha value is -2.68. The Morgan fingerprint density at radius 2 is 1.76 bits per heavy atom. The van der Waals surface area contributed by atoms with Crippen LogP contribution in [0.5, 0.6) is 0 Å². The molecule has 0 spiro atoms. The van der Waals surface area contributed by atoms with Crippen LogP contribution in [-0.2, 0) is 23.5 Å². The van der Waals surface area contributed by atoms with Gasteiger partial charge >= 0.3 is 0 Å². The van der Waals surface area contributed by atoms with Crippen molar-refractivity contribution in [1.82, 2.24) is 14.2 Å². The van der Waals surface area contributed by atoms with E-state index in [1.807, 2.05) is 12.1 Å². The van der Waals surface area contributed by atoms with Gasteiger partial charge < -0.3 is 9.88 Å². The van der Waals surface area contributed by atoms with Crippen LogP contribution in [0, 0.1) is 0 Å². The van der Waals surface area contributed by atoms with E-state index < -0.39 is 21.4 Å². The van der Waals surface area contributed by atoms with Gasteiger partial charge in [-0.2, -0.15) is 4.31 Å². The molecule has 1 aliphatic rings. The zero-order valence-corrected chi connectivity index (χ0v) is 20.0. The number of nitrogens with one attached hydrogen (secondary N) is 1. The minimum atomic E-state index is -3.69. The zero-order chi connectivity index (χ0) is 23.6. The van der Waals surface area contributed by atoms with Crippen LogP contribution in [0.15, 0.2) is 58.4 Å². The van der Waals surface area contributed by atoms with E-state index in [4.69, 9.17) is 11.6 Å². The molecule has 7 nitrogen and oxygen atoms in total. The molecule has 1 N–H and O–H groups in total. The molecule has 174 valence electrons. The molecule has 2 heterocycles. The Labute approximate surface area is 198 Å². The number of aromatic nitrogens is 1. The number of hydrogen-bond acceptors (Lipinski definition) is 4. The lowest BCUT2D eigenvalue weighted by molar-refractivity contribution is 0.0952. The summed E-state index contributed by atoms with van der Waals surface area (Å²) < 4.78 is 29.3. The molecule has 4 rings (SSSR count). The predicted molar refractivity (Wildman–Crippen MR) is 129 cm³/mol. The summed E-state index contributed by atoms with van der Waals surface area (Å²) in [5.41, 5.74) is 1.07. The van der Waals surface area contributed by atoms with Gasteiger partial charge in [0, 0.05) is 43.3 Å². The number of carbonyl (C=O) groups is 1. The summed E-state index contributed by atoms with van der Waals surface area (Å²) in [6, 6.07) is 11.9. The highest BCUT2D eigenvalue weighted by Gasteiger charge is 2.27. The molecule has 0 atom stereocenters. The van der Waals surface area contributed by atoms with E-state index in [-0.39, 0.29) is 15.8 Å². The lowest BCUT2D eigenvalue weighted by Gasteiger charge is -2.26. The number of pyridine rings is 1. The smallest absolute Gasteiger partial charge is 0.256 e. The van der Waals surface area contributed by atoms with Gasteiger partial charge in [-0.3, -0.25) is 9.59 Å². The summed E-state index contributed by atoms with van der Waals surface area (Å²) in [6.45, 7) is 1.31. The largest absolute Gasteiger partial charge is 0.352 e.